The molecule has 0 spiro atoms. The zero-order valence-electron chi connectivity index (χ0n) is 23.4. The lowest BCUT2D eigenvalue weighted by Gasteiger charge is -2.27. The second-order valence-electron chi connectivity index (χ2n) is 10.3. The van der Waals surface area contributed by atoms with Gasteiger partial charge in [-0.2, -0.15) is 31.4 Å². The molecule has 3 N–H and O–H groups in total. The van der Waals surface area contributed by atoms with Crippen LogP contribution in [0.5, 0.6) is 0 Å². The van der Waals surface area contributed by atoms with Gasteiger partial charge in [-0.15, -0.1) is 0 Å². The van der Waals surface area contributed by atoms with E-state index in [0.717, 1.165) is 18.2 Å². The van der Waals surface area contributed by atoms with Crippen LogP contribution < -0.4 is 15.5 Å². The van der Waals surface area contributed by atoms with E-state index in [0.29, 0.717) is 22.4 Å². The van der Waals surface area contributed by atoms with Gasteiger partial charge in [-0.05, 0) is 53.4 Å². The number of aromatic nitrogens is 4. The molecule has 2 aromatic heterocycles. The summed E-state index contributed by atoms with van der Waals surface area (Å²) in [7, 11) is 0. The predicted molar refractivity (Wildman–Crippen MR) is 148 cm³/mol. The molecular weight excluding hydrogens is 608 g/mol. The van der Waals surface area contributed by atoms with Crippen molar-refractivity contribution < 1.29 is 41.0 Å². The molecule has 45 heavy (non-hydrogen) atoms. The Hall–Kier alpha value is -5.15. The molecule has 1 aliphatic heterocycles. The molecule has 0 saturated carbocycles. The van der Waals surface area contributed by atoms with Crippen molar-refractivity contribution in [1.29, 1.82) is 0 Å². The van der Waals surface area contributed by atoms with E-state index in [1.54, 1.807) is 36.1 Å². The van der Waals surface area contributed by atoms with Crippen molar-refractivity contribution in [3.8, 4) is 11.1 Å². The lowest BCUT2D eigenvalue weighted by Crippen LogP contribution is -2.35. The normalized spacial score (nSPS) is 14.1. The monoisotopic (exact) mass is 633 g/mol. The van der Waals surface area contributed by atoms with Gasteiger partial charge in [-0.1, -0.05) is 30.3 Å². The minimum Gasteiger partial charge on any atom is -0.465 e. The number of hydrogen-bond acceptors (Lipinski definition) is 6. The van der Waals surface area contributed by atoms with E-state index in [2.05, 4.69) is 25.7 Å². The zero-order chi connectivity index (χ0) is 32.5. The summed E-state index contributed by atoms with van der Waals surface area (Å²) in [6.07, 6.45) is -9.11. The number of hydrogen-bond donors (Lipinski definition) is 3. The van der Waals surface area contributed by atoms with E-state index in [1.165, 1.54) is 23.0 Å². The molecule has 1 atom stereocenters. The van der Waals surface area contributed by atoms with Gasteiger partial charge in [-0.25, -0.2) is 14.8 Å². The molecule has 16 heteroatoms. The SMILES string of the molecule is C[C@@H](NC(=O)c1ccnc(N2CCn3nc(C(F)(F)F)cc3C2)n1)c1ccc(-c2cc(C(F)(F)F)ccc2CNC(=O)O)cc1. The summed E-state index contributed by atoms with van der Waals surface area (Å²) >= 11 is 0. The summed E-state index contributed by atoms with van der Waals surface area (Å²) in [4.78, 5) is 34.1. The number of benzene rings is 2. The number of carboxylic acid groups (broad SMARTS) is 1. The average molecular weight is 634 g/mol. The van der Waals surface area contributed by atoms with Crippen molar-refractivity contribution in [3.05, 3.63) is 94.6 Å². The summed E-state index contributed by atoms with van der Waals surface area (Å²) in [5.74, 6) is -0.383. The predicted octanol–water partition coefficient (Wildman–Crippen LogP) is 5.66. The van der Waals surface area contributed by atoms with Crippen LogP contribution in [-0.2, 0) is 32.0 Å². The molecule has 236 valence electrons. The van der Waals surface area contributed by atoms with E-state index >= 15 is 0 Å². The van der Waals surface area contributed by atoms with E-state index in [4.69, 9.17) is 5.11 Å². The van der Waals surface area contributed by atoms with E-state index in [9.17, 15) is 35.9 Å². The molecule has 0 radical (unpaired) electrons. The lowest BCUT2D eigenvalue weighted by molar-refractivity contribution is -0.141. The summed E-state index contributed by atoms with van der Waals surface area (Å²) in [6.45, 7) is 2.02. The number of anilines is 1. The van der Waals surface area contributed by atoms with Crippen molar-refractivity contribution in [2.24, 2.45) is 0 Å². The summed E-state index contributed by atoms with van der Waals surface area (Å²) in [5, 5.41) is 17.5. The Morgan fingerprint density at radius 3 is 2.38 bits per heavy atom. The summed E-state index contributed by atoms with van der Waals surface area (Å²) in [5.41, 5.74) is 0.0773. The van der Waals surface area contributed by atoms with Crippen molar-refractivity contribution in [2.75, 3.05) is 11.4 Å². The van der Waals surface area contributed by atoms with Gasteiger partial charge in [0, 0.05) is 19.3 Å². The van der Waals surface area contributed by atoms with Crippen LogP contribution in [-0.4, -0.2) is 43.4 Å². The molecule has 0 fully saturated rings. The van der Waals surface area contributed by atoms with Crippen molar-refractivity contribution >= 4 is 17.9 Å². The van der Waals surface area contributed by atoms with Crippen LogP contribution in [0.2, 0.25) is 0 Å². The van der Waals surface area contributed by atoms with Crippen molar-refractivity contribution in [3.63, 3.8) is 0 Å². The highest BCUT2D eigenvalue weighted by molar-refractivity contribution is 5.92. The third kappa shape index (κ3) is 7.16. The first-order valence-electron chi connectivity index (χ1n) is 13.5. The Balaban J connectivity index is 1.29. The fourth-order valence-corrected chi connectivity index (χ4v) is 4.85. The van der Waals surface area contributed by atoms with Gasteiger partial charge < -0.3 is 20.6 Å². The molecule has 1 aliphatic rings. The number of carbonyl (C=O) groups excluding carboxylic acids is 1. The fourth-order valence-electron chi connectivity index (χ4n) is 4.85. The third-order valence-electron chi connectivity index (χ3n) is 7.18. The van der Waals surface area contributed by atoms with Crippen LogP contribution in [0.15, 0.2) is 60.8 Å². The van der Waals surface area contributed by atoms with Gasteiger partial charge in [0.05, 0.1) is 30.4 Å². The molecule has 0 unspecified atom stereocenters. The second-order valence-corrected chi connectivity index (χ2v) is 10.3. The highest BCUT2D eigenvalue weighted by atomic mass is 19.4. The van der Waals surface area contributed by atoms with Crippen LogP contribution in [0.25, 0.3) is 11.1 Å². The largest absolute Gasteiger partial charge is 0.465 e. The first kappa shape index (κ1) is 31.3. The average Bonchev–Trinajstić information content (AvgIpc) is 3.44. The molecule has 10 nitrogen and oxygen atoms in total. The number of halogens is 6. The van der Waals surface area contributed by atoms with Crippen molar-refractivity contribution in [1.82, 2.24) is 30.4 Å². The number of amides is 2. The number of fused-ring (bicyclic) bond motifs is 1. The smallest absolute Gasteiger partial charge is 0.435 e. The second kappa shape index (κ2) is 12.1. The quantitative estimate of drug-likeness (QED) is 0.225. The van der Waals surface area contributed by atoms with E-state index in [-0.39, 0.29) is 43.4 Å². The molecule has 5 rings (SSSR count). The summed E-state index contributed by atoms with van der Waals surface area (Å²) < 4.78 is 80.6. The standard InChI is InChI=1S/C29H25F6N7O3/c1-16(17-2-4-18(5-3-17)22-12-20(28(30,31)32)7-6-19(22)14-37-27(44)45)38-25(43)23-8-9-36-26(39-23)41-10-11-42-21(15-41)13-24(40-42)29(33,34)35/h2-9,12-13,16,37H,10-11,14-15H2,1H3,(H,38,43)(H,44,45)/t16-/m1/s1. The Morgan fingerprint density at radius 2 is 1.71 bits per heavy atom. The highest BCUT2D eigenvalue weighted by Gasteiger charge is 2.36. The topological polar surface area (TPSA) is 125 Å². The van der Waals surface area contributed by atoms with Gasteiger partial charge >= 0.3 is 18.4 Å². The summed E-state index contributed by atoms with van der Waals surface area (Å²) in [6, 6.07) is 11.3. The number of nitrogens with one attached hydrogen (secondary N) is 2. The number of carbonyl (C=O) groups is 2. The molecule has 0 saturated heterocycles. The molecule has 4 aromatic rings. The number of nitrogens with zero attached hydrogens (tertiary/aromatic N) is 5. The Morgan fingerprint density at radius 1 is 0.978 bits per heavy atom. The highest BCUT2D eigenvalue weighted by Crippen LogP contribution is 2.35. The maximum absolute atomic E-state index is 13.4. The maximum Gasteiger partial charge on any atom is 0.435 e. The van der Waals surface area contributed by atoms with Gasteiger partial charge in [-0.3, -0.25) is 9.48 Å². The Bertz CT molecular complexity index is 1720. The van der Waals surface area contributed by atoms with Gasteiger partial charge in [0.15, 0.2) is 5.69 Å². The molecular formula is C29H25F6N7O3. The van der Waals surface area contributed by atoms with Crippen LogP contribution in [0.3, 0.4) is 0 Å². The van der Waals surface area contributed by atoms with Gasteiger partial charge in [0.1, 0.15) is 5.69 Å². The van der Waals surface area contributed by atoms with Crippen LogP contribution in [0, 0.1) is 0 Å². The number of alkyl halides is 6. The van der Waals surface area contributed by atoms with Gasteiger partial charge in [0.2, 0.25) is 5.95 Å². The molecule has 0 aliphatic carbocycles. The maximum atomic E-state index is 13.4. The third-order valence-corrected chi connectivity index (χ3v) is 7.18. The zero-order valence-corrected chi connectivity index (χ0v) is 23.4. The minimum atomic E-state index is -4.60. The van der Waals surface area contributed by atoms with Crippen LogP contribution >= 0.6 is 0 Å². The Kier molecular flexibility index (Phi) is 8.40. The molecule has 2 amide bonds. The molecule has 2 aromatic carbocycles. The molecule has 0 bridgehead atoms. The van der Waals surface area contributed by atoms with E-state index in [1.807, 2.05) is 0 Å². The van der Waals surface area contributed by atoms with Crippen LogP contribution in [0.1, 0.15) is 51.5 Å². The van der Waals surface area contributed by atoms with E-state index < -0.39 is 41.7 Å². The minimum absolute atomic E-state index is 0.0260. The first-order valence-corrected chi connectivity index (χ1v) is 13.5. The molecule has 3 heterocycles. The van der Waals surface area contributed by atoms with Gasteiger partial charge in [0.25, 0.3) is 5.91 Å². The first-order chi connectivity index (χ1) is 21.2. The number of rotatable bonds is 7. The Labute approximate surface area is 251 Å². The van der Waals surface area contributed by atoms with Crippen molar-refractivity contribution in [2.45, 2.75) is 45.0 Å². The lowest BCUT2D eigenvalue weighted by atomic mass is 9.95. The van der Waals surface area contributed by atoms with Crippen LogP contribution in [0.4, 0.5) is 37.1 Å². The fraction of sp³-hybridized carbons (Fsp3) is 0.276.